The summed E-state index contributed by atoms with van der Waals surface area (Å²) in [6.45, 7) is 12.6. The van der Waals surface area contributed by atoms with E-state index >= 15 is 0 Å². The van der Waals surface area contributed by atoms with E-state index in [1.807, 2.05) is 25.2 Å². The molecule has 7 nitrogen and oxygen atoms in total. The van der Waals surface area contributed by atoms with E-state index in [0.29, 0.717) is 0 Å². The quantitative estimate of drug-likeness (QED) is 0.462. The van der Waals surface area contributed by atoms with Gasteiger partial charge in [-0.1, -0.05) is 31.2 Å². The average Bonchev–Trinajstić information content (AvgIpc) is 3.23. The van der Waals surface area contributed by atoms with Gasteiger partial charge in [0.05, 0.1) is 37.1 Å². The lowest BCUT2D eigenvalue weighted by Gasteiger charge is -2.20. The number of carbonyl (C=O) groups excluding carboxylic acids is 5. The van der Waals surface area contributed by atoms with Crippen molar-refractivity contribution in [3.8, 4) is 0 Å². The molecule has 1 saturated carbocycles. The van der Waals surface area contributed by atoms with Gasteiger partial charge in [-0.25, -0.2) is 0 Å². The highest BCUT2D eigenvalue weighted by Crippen LogP contribution is 2.44. The maximum absolute atomic E-state index is 12.3. The van der Waals surface area contributed by atoms with Crippen molar-refractivity contribution >= 4 is 23.7 Å². The molecule has 0 spiro atoms. The van der Waals surface area contributed by atoms with E-state index in [1.165, 1.54) is 21.0 Å². The van der Waals surface area contributed by atoms with Gasteiger partial charge in [0.2, 0.25) is 0 Å². The van der Waals surface area contributed by atoms with Crippen molar-refractivity contribution < 1.29 is 33.4 Å². The lowest BCUT2D eigenvalue weighted by atomic mass is 9.81. The molecule has 2 fully saturated rings. The third-order valence-electron chi connectivity index (χ3n) is 6.15. The SMILES string of the molecule is C=CC1CC(/C=C\C2OC(C=C)C(C(C)=O)C2C(C)=O)C(C(=O)OC)C1C.O=C=O. The summed E-state index contributed by atoms with van der Waals surface area (Å²) >= 11 is 0. The van der Waals surface area contributed by atoms with Crippen LogP contribution in [0.15, 0.2) is 37.5 Å². The van der Waals surface area contributed by atoms with Crippen molar-refractivity contribution in [2.75, 3.05) is 7.11 Å². The normalized spacial score (nSPS) is 35.1. The number of esters is 1. The van der Waals surface area contributed by atoms with E-state index in [-0.39, 0.29) is 47.4 Å². The molecule has 164 valence electrons. The van der Waals surface area contributed by atoms with E-state index < -0.39 is 24.0 Å². The monoisotopic (exact) mass is 418 g/mol. The van der Waals surface area contributed by atoms with E-state index in [1.54, 1.807) is 6.08 Å². The van der Waals surface area contributed by atoms with Crippen molar-refractivity contribution in [1.29, 1.82) is 0 Å². The predicted octanol–water partition coefficient (Wildman–Crippen LogP) is 2.57. The second-order valence-electron chi connectivity index (χ2n) is 7.75. The van der Waals surface area contributed by atoms with Gasteiger partial charge in [-0.3, -0.25) is 14.4 Å². The van der Waals surface area contributed by atoms with Crippen LogP contribution in [0, 0.1) is 35.5 Å². The first kappa shape index (κ1) is 25.4. The van der Waals surface area contributed by atoms with E-state index in [9.17, 15) is 14.4 Å². The number of rotatable bonds is 7. The number of carbonyl (C=O) groups is 3. The van der Waals surface area contributed by atoms with Crippen LogP contribution in [0.2, 0.25) is 0 Å². The zero-order valence-corrected chi connectivity index (χ0v) is 17.9. The smallest absolute Gasteiger partial charge is 0.373 e. The van der Waals surface area contributed by atoms with Crippen LogP contribution in [-0.4, -0.2) is 43.0 Å². The van der Waals surface area contributed by atoms with E-state index in [0.717, 1.165) is 6.42 Å². The number of ether oxygens (including phenoxy) is 2. The molecule has 30 heavy (non-hydrogen) atoms. The van der Waals surface area contributed by atoms with Crippen LogP contribution in [-0.2, 0) is 33.4 Å². The van der Waals surface area contributed by atoms with Gasteiger partial charge in [0, 0.05) is 0 Å². The molecule has 8 unspecified atom stereocenters. The molecule has 1 heterocycles. The zero-order valence-electron chi connectivity index (χ0n) is 17.9. The molecule has 0 aromatic carbocycles. The molecular formula is C23H30O7. The van der Waals surface area contributed by atoms with Gasteiger partial charge < -0.3 is 9.47 Å². The Bertz CT molecular complexity index is 732. The van der Waals surface area contributed by atoms with Gasteiger partial charge in [-0.2, -0.15) is 9.59 Å². The highest BCUT2D eigenvalue weighted by Gasteiger charge is 2.48. The molecule has 2 rings (SSSR count). The Morgan fingerprint density at radius 1 is 0.933 bits per heavy atom. The van der Waals surface area contributed by atoms with E-state index in [2.05, 4.69) is 13.2 Å². The number of methoxy groups -OCH3 is 1. The van der Waals surface area contributed by atoms with Crippen LogP contribution in [0.25, 0.3) is 0 Å². The fraction of sp³-hybridized carbons (Fsp3) is 0.565. The average molecular weight is 418 g/mol. The van der Waals surface area contributed by atoms with Crippen LogP contribution in [0.4, 0.5) is 0 Å². The summed E-state index contributed by atoms with van der Waals surface area (Å²) in [5.41, 5.74) is 0. The Balaban J connectivity index is 0.00000141. The molecule has 1 aliphatic carbocycles. The molecule has 0 N–H and O–H groups in total. The molecule has 0 bridgehead atoms. The number of ketones is 2. The first-order chi connectivity index (χ1) is 14.2. The Labute approximate surface area is 177 Å². The summed E-state index contributed by atoms with van der Waals surface area (Å²) in [5.74, 6) is -1.38. The van der Waals surface area contributed by atoms with E-state index in [4.69, 9.17) is 19.1 Å². The number of hydrogen-bond donors (Lipinski definition) is 0. The Morgan fingerprint density at radius 2 is 1.47 bits per heavy atom. The first-order valence-corrected chi connectivity index (χ1v) is 9.85. The van der Waals surface area contributed by atoms with Crippen molar-refractivity contribution in [3.63, 3.8) is 0 Å². The minimum absolute atomic E-state index is 0.0229. The molecule has 0 amide bonds. The van der Waals surface area contributed by atoms with Crippen molar-refractivity contribution in [2.24, 2.45) is 35.5 Å². The summed E-state index contributed by atoms with van der Waals surface area (Å²) in [6.07, 6.45) is 7.31. The second-order valence-corrected chi connectivity index (χ2v) is 7.75. The molecule has 0 aromatic heterocycles. The van der Waals surface area contributed by atoms with Gasteiger partial charge in [0.15, 0.2) is 0 Å². The van der Waals surface area contributed by atoms with Gasteiger partial charge in [0.25, 0.3) is 0 Å². The Kier molecular flexibility index (Phi) is 9.76. The lowest BCUT2D eigenvalue weighted by molar-refractivity contribution is -0.191. The highest BCUT2D eigenvalue weighted by molar-refractivity contribution is 5.89. The maximum Gasteiger partial charge on any atom is 0.373 e. The van der Waals surface area contributed by atoms with Crippen LogP contribution < -0.4 is 0 Å². The van der Waals surface area contributed by atoms with Crippen LogP contribution in [0.5, 0.6) is 0 Å². The van der Waals surface area contributed by atoms with Gasteiger partial charge in [0.1, 0.15) is 11.6 Å². The van der Waals surface area contributed by atoms with Crippen LogP contribution in [0.1, 0.15) is 27.2 Å². The second kappa shape index (κ2) is 11.5. The molecule has 7 heteroatoms. The minimum atomic E-state index is -0.535. The summed E-state index contributed by atoms with van der Waals surface area (Å²) in [7, 11) is 1.40. The molecule has 1 aliphatic heterocycles. The molecule has 0 aromatic rings. The van der Waals surface area contributed by atoms with Gasteiger partial charge in [-0.15, -0.1) is 13.2 Å². The number of Topliss-reactive ketones (excluding diaryl/α,β-unsaturated/α-hetero) is 2. The summed E-state index contributed by atoms with van der Waals surface area (Å²) in [5, 5.41) is 0. The molecular weight excluding hydrogens is 388 g/mol. The molecule has 0 radical (unpaired) electrons. The first-order valence-electron chi connectivity index (χ1n) is 9.85. The van der Waals surface area contributed by atoms with Crippen molar-refractivity contribution in [1.82, 2.24) is 0 Å². The number of allylic oxidation sites excluding steroid dienone is 2. The molecule has 8 atom stereocenters. The Morgan fingerprint density at radius 3 is 1.90 bits per heavy atom. The predicted molar refractivity (Wildman–Crippen MR) is 108 cm³/mol. The molecule has 2 aliphatic rings. The minimum Gasteiger partial charge on any atom is -0.469 e. The Hall–Kier alpha value is -2.63. The number of hydrogen-bond acceptors (Lipinski definition) is 7. The van der Waals surface area contributed by atoms with Crippen molar-refractivity contribution in [2.45, 2.75) is 39.4 Å². The standard InChI is InChI=1S/C22H30O5.CO2/c1-7-15-11-16(19(12(15)3)22(25)26-6)9-10-18-21(14(5)24)20(13(4)23)17(8-2)27-18;2-1-3/h7-10,12,15-21H,1-2,11H2,3-6H3;/b10-9-;. The third-order valence-corrected chi connectivity index (χ3v) is 6.15. The third kappa shape index (κ3) is 5.49. The maximum atomic E-state index is 12.3. The van der Waals surface area contributed by atoms with Crippen molar-refractivity contribution in [3.05, 3.63) is 37.5 Å². The van der Waals surface area contributed by atoms with Gasteiger partial charge in [-0.05, 0) is 38.0 Å². The van der Waals surface area contributed by atoms with Crippen LogP contribution >= 0.6 is 0 Å². The highest BCUT2D eigenvalue weighted by atomic mass is 16.5. The topological polar surface area (TPSA) is 104 Å². The zero-order chi connectivity index (χ0) is 23.0. The van der Waals surface area contributed by atoms with Crippen LogP contribution in [0.3, 0.4) is 0 Å². The largest absolute Gasteiger partial charge is 0.469 e. The van der Waals surface area contributed by atoms with Gasteiger partial charge >= 0.3 is 12.1 Å². The summed E-state index contributed by atoms with van der Waals surface area (Å²) < 4.78 is 10.9. The summed E-state index contributed by atoms with van der Waals surface area (Å²) in [6, 6.07) is 0. The summed E-state index contributed by atoms with van der Waals surface area (Å²) in [4.78, 5) is 52.8. The fourth-order valence-electron chi connectivity index (χ4n) is 4.71. The molecule has 1 saturated heterocycles. The fourth-order valence-corrected chi connectivity index (χ4v) is 4.71. The lowest BCUT2D eigenvalue weighted by Crippen LogP contribution is -2.32.